The first-order valence-corrected chi connectivity index (χ1v) is 8.35. The summed E-state index contributed by atoms with van der Waals surface area (Å²) in [5, 5.41) is 8.94. The van der Waals surface area contributed by atoms with Crippen molar-refractivity contribution in [3.05, 3.63) is 77.0 Å². The topological polar surface area (TPSA) is 113 Å². The van der Waals surface area contributed by atoms with Crippen molar-refractivity contribution in [2.75, 3.05) is 18.6 Å². The molecule has 0 aromatic heterocycles. The summed E-state index contributed by atoms with van der Waals surface area (Å²) in [4.78, 5) is 38.6. The molecule has 0 unspecified atom stereocenters. The van der Waals surface area contributed by atoms with Crippen LogP contribution >= 0.6 is 0 Å². The van der Waals surface area contributed by atoms with E-state index in [1.807, 2.05) is 6.07 Å². The van der Waals surface area contributed by atoms with E-state index >= 15 is 0 Å². The number of nitrogens with two attached hydrogens (primary N) is 1. The Hall–Kier alpha value is -3.92. The van der Waals surface area contributed by atoms with Crippen LogP contribution in [-0.2, 0) is 9.53 Å². The number of carbonyl (C=O) groups excluding carboxylic acids is 3. The Morgan fingerprint density at radius 1 is 1.04 bits per heavy atom. The third-order valence-electron chi connectivity index (χ3n) is 3.94. The van der Waals surface area contributed by atoms with Crippen LogP contribution in [0.1, 0.15) is 27.6 Å². The molecule has 2 N–H and O–H groups in total. The Balaban J connectivity index is 2.21. The van der Waals surface area contributed by atoms with Gasteiger partial charge in [-0.1, -0.05) is 30.3 Å². The van der Waals surface area contributed by atoms with Gasteiger partial charge in [-0.15, -0.1) is 0 Å². The summed E-state index contributed by atoms with van der Waals surface area (Å²) < 4.78 is 5.00. The maximum absolute atomic E-state index is 12.8. The van der Waals surface area contributed by atoms with Gasteiger partial charge in [-0.25, -0.2) is 4.79 Å². The quantitative estimate of drug-likeness (QED) is 0.470. The zero-order valence-electron chi connectivity index (χ0n) is 15.5. The molecule has 0 heterocycles. The number of ketones is 1. The molecule has 0 aliphatic carbocycles. The fraction of sp³-hybridized carbons (Fsp3) is 0.143. The van der Waals surface area contributed by atoms with Gasteiger partial charge in [0.2, 0.25) is 5.78 Å². The summed E-state index contributed by atoms with van der Waals surface area (Å²) in [5.74, 6) is -1.95. The lowest BCUT2D eigenvalue weighted by Gasteiger charge is -2.18. The highest BCUT2D eigenvalue weighted by Gasteiger charge is 2.22. The van der Waals surface area contributed by atoms with Crippen molar-refractivity contribution >= 4 is 23.3 Å². The first-order chi connectivity index (χ1) is 13.4. The molecule has 0 radical (unpaired) electrons. The lowest BCUT2D eigenvalue weighted by atomic mass is 10.1. The SMILES string of the molecule is C/C(N)=C(/C#N)C(=O)COC(=O)c1ccccc1C(=O)N(C)c1ccccc1. The molecule has 0 saturated carbocycles. The molecule has 0 atom stereocenters. The maximum atomic E-state index is 12.8. The van der Waals surface area contributed by atoms with Crippen LogP contribution in [0.3, 0.4) is 0 Å². The minimum atomic E-state index is -0.842. The number of amides is 1. The minimum Gasteiger partial charge on any atom is -0.454 e. The fourth-order valence-corrected chi connectivity index (χ4v) is 2.45. The predicted molar refractivity (Wildman–Crippen MR) is 103 cm³/mol. The molecule has 0 saturated heterocycles. The standard InChI is InChI=1S/C21H19N3O4/c1-14(23)18(12-22)19(25)13-28-21(27)17-11-7-6-10-16(17)20(26)24(2)15-8-4-3-5-9-15/h3-11H,13,23H2,1-2H3/b18-14+. The van der Waals surface area contributed by atoms with Crippen LogP contribution < -0.4 is 10.6 Å². The molecule has 1 amide bonds. The number of ether oxygens (including phenoxy) is 1. The Labute approximate surface area is 162 Å². The summed E-state index contributed by atoms with van der Waals surface area (Å²) in [6.07, 6.45) is 0. The van der Waals surface area contributed by atoms with Gasteiger partial charge in [-0.05, 0) is 31.2 Å². The van der Waals surface area contributed by atoms with Gasteiger partial charge in [0.1, 0.15) is 11.6 Å². The average molecular weight is 377 g/mol. The lowest BCUT2D eigenvalue weighted by Crippen LogP contribution is -2.28. The van der Waals surface area contributed by atoms with Crippen LogP contribution in [0.15, 0.2) is 65.9 Å². The smallest absolute Gasteiger partial charge is 0.339 e. The molecule has 142 valence electrons. The largest absolute Gasteiger partial charge is 0.454 e. The molecule has 0 aliphatic heterocycles. The molecule has 0 bridgehead atoms. The highest BCUT2D eigenvalue weighted by atomic mass is 16.5. The molecule has 2 aromatic rings. The molecule has 0 fully saturated rings. The second-order valence-electron chi connectivity index (χ2n) is 5.91. The number of esters is 1. The lowest BCUT2D eigenvalue weighted by molar-refractivity contribution is -0.118. The molecule has 2 aromatic carbocycles. The predicted octanol–water partition coefficient (Wildman–Crippen LogP) is 2.45. The monoisotopic (exact) mass is 377 g/mol. The van der Waals surface area contributed by atoms with E-state index in [2.05, 4.69) is 0 Å². The van der Waals surface area contributed by atoms with Crippen molar-refractivity contribution < 1.29 is 19.1 Å². The van der Waals surface area contributed by atoms with Gasteiger partial charge >= 0.3 is 5.97 Å². The molecular weight excluding hydrogens is 358 g/mol. The van der Waals surface area contributed by atoms with Gasteiger partial charge in [-0.3, -0.25) is 9.59 Å². The van der Waals surface area contributed by atoms with Gasteiger partial charge < -0.3 is 15.4 Å². The number of allylic oxidation sites excluding steroid dienone is 1. The van der Waals surface area contributed by atoms with E-state index in [1.165, 1.54) is 24.0 Å². The van der Waals surface area contributed by atoms with Gasteiger partial charge in [-0.2, -0.15) is 5.26 Å². The minimum absolute atomic E-state index is 0.0232. The highest BCUT2D eigenvalue weighted by Crippen LogP contribution is 2.18. The van der Waals surface area contributed by atoms with Gasteiger partial charge in [0.15, 0.2) is 6.61 Å². The first kappa shape index (κ1) is 20.4. The van der Waals surface area contributed by atoms with Crippen LogP contribution in [0, 0.1) is 11.3 Å². The third kappa shape index (κ3) is 4.62. The summed E-state index contributed by atoms with van der Waals surface area (Å²) in [5.41, 5.74) is 6.07. The molecule has 2 rings (SSSR count). The number of hydrogen-bond acceptors (Lipinski definition) is 6. The number of nitriles is 1. The molecule has 0 aliphatic rings. The van der Waals surface area contributed by atoms with E-state index in [0.29, 0.717) is 5.69 Å². The van der Waals surface area contributed by atoms with Gasteiger partial charge in [0.25, 0.3) is 5.91 Å². The van der Waals surface area contributed by atoms with E-state index in [9.17, 15) is 14.4 Å². The van der Waals surface area contributed by atoms with E-state index in [0.717, 1.165) is 0 Å². The summed E-state index contributed by atoms with van der Waals surface area (Å²) in [7, 11) is 1.59. The Bertz CT molecular complexity index is 971. The molecule has 0 spiro atoms. The van der Waals surface area contributed by atoms with Crippen LogP contribution in [0.5, 0.6) is 0 Å². The number of hydrogen-bond donors (Lipinski definition) is 1. The van der Waals surface area contributed by atoms with Crippen molar-refractivity contribution in [3.63, 3.8) is 0 Å². The summed E-state index contributed by atoms with van der Waals surface area (Å²) in [6.45, 7) is 0.763. The number of rotatable bonds is 6. The van der Waals surface area contributed by atoms with Crippen molar-refractivity contribution in [2.24, 2.45) is 5.73 Å². The summed E-state index contributed by atoms with van der Waals surface area (Å²) in [6, 6.07) is 16.8. The second kappa shape index (κ2) is 9.14. The van der Waals surface area contributed by atoms with Crippen molar-refractivity contribution in [3.8, 4) is 6.07 Å². The Morgan fingerprint density at radius 3 is 2.18 bits per heavy atom. The molecule has 28 heavy (non-hydrogen) atoms. The number of benzene rings is 2. The first-order valence-electron chi connectivity index (χ1n) is 8.35. The van der Waals surface area contributed by atoms with E-state index < -0.39 is 24.3 Å². The molecule has 7 nitrogen and oxygen atoms in total. The van der Waals surface area contributed by atoms with Crippen LogP contribution in [0.4, 0.5) is 5.69 Å². The number of Topliss-reactive ketones (excluding diaryl/α,β-unsaturated/α-hetero) is 1. The zero-order chi connectivity index (χ0) is 20.7. The van der Waals surface area contributed by atoms with Crippen molar-refractivity contribution in [1.29, 1.82) is 5.26 Å². The Kier molecular flexibility index (Phi) is 6.66. The summed E-state index contributed by atoms with van der Waals surface area (Å²) >= 11 is 0. The average Bonchev–Trinajstić information content (AvgIpc) is 2.71. The highest BCUT2D eigenvalue weighted by molar-refractivity contribution is 6.12. The third-order valence-corrected chi connectivity index (χ3v) is 3.94. The maximum Gasteiger partial charge on any atom is 0.339 e. The number of nitrogens with zero attached hydrogens (tertiary/aromatic N) is 2. The van der Waals surface area contributed by atoms with Gasteiger partial charge in [0.05, 0.1) is 11.1 Å². The zero-order valence-corrected chi connectivity index (χ0v) is 15.5. The Morgan fingerprint density at radius 2 is 1.61 bits per heavy atom. The molecule has 7 heteroatoms. The van der Waals surface area contributed by atoms with E-state index in [-0.39, 0.29) is 22.4 Å². The van der Waals surface area contributed by atoms with Crippen LogP contribution in [0.2, 0.25) is 0 Å². The molecular formula is C21H19N3O4. The fourth-order valence-electron chi connectivity index (χ4n) is 2.45. The number of para-hydroxylation sites is 1. The van der Waals surface area contributed by atoms with E-state index in [4.69, 9.17) is 15.7 Å². The van der Waals surface area contributed by atoms with Crippen molar-refractivity contribution in [2.45, 2.75) is 6.92 Å². The number of carbonyl (C=O) groups is 3. The van der Waals surface area contributed by atoms with Crippen LogP contribution in [0.25, 0.3) is 0 Å². The second-order valence-corrected chi connectivity index (χ2v) is 5.91. The number of anilines is 1. The normalized spacial score (nSPS) is 11.0. The van der Waals surface area contributed by atoms with Gasteiger partial charge in [0, 0.05) is 18.4 Å². The van der Waals surface area contributed by atoms with Crippen LogP contribution in [-0.4, -0.2) is 31.3 Å². The van der Waals surface area contributed by atoms with Crippen molar-refractivity contribution in [1.82, 2.24) is 0 Å². The van der Waals surface area contributed by atoms with E-state index in [1.54, 1.807) is 49.5 Å².